The molecular formula is C11H16N2OS. The Morgan fingerprint density at radius 3 is 2.87 bits per heavy atom. The van der Waals surface area contributed by atoms with Crippen molar-refractivity contribution < 1.29 is 4.74 Å². The van der Waals surface area contributed by atoms with Crippen molar-refractivity contribution in [2.45, 2.75) is 6.92 Å². The lowest BCUT2D eigenvalue weighted by Crippen LogP contribution is -2.15. The van der Waals surface area contributed by atoms with Gasteiger partial charge in [-0.15, -0.1) is 0 Å². The number of ether oxygens (including phenoxy) is 1. The van der Waals surface area contributed by atoms with Crippen LogP contribution in [0.15, 0.2) is 18.2 Å². The van der Waals surface area contributed by atoms with Crippen LogP contribution in [-0.2, 0) is 4.74 Å². The topological polar surface area (TPSA) is 47.3 Å². The summed E-state index contributed by atoms with van der Waals surface area (Å²) in [6, 6.07) is 5.99. The van der Waals surface area contributed by atoms with Crippen molar-refractivity contribution in [2.24, 2.45) is 5.73 Å². The quantitative estimate of drug-likeness (QED) is 0.590. The molecule has 1 aromatic carbocycles. The molecule has 0 aliphatic rings. The molecule has 3 nitrogen and oxygen atoms in total. The number of nitrogens with two attached hydrogens (primary N) is 1. The lowest BCUT2D eigenvalue weighted by Gasteiger charge is -2.11. The van der Waals surface area contributed by atoms with Gasteiger partial charge in [-0.3, -0.25) is 0 Å². The van der Waals surface area contributed by atoms with E-state index >= 15 is 0 Å². The number of thiocarbonyl (C=S) groups is 1. The fraction of sp³-hybridized carbons (Fsp3) is 0.364. The molecule has 0 bridgehead atoms. The summed E-state index contributed by atoms with van der Waals surface area (Å²) in [5.41, 5.74) is 8.65. The van der Waals surface area contributed by atoms with Crippen molar-refractivity contribution in [2.75, 3.05) is 25.6 Å². The first-order chi connectivity index (χ1) is 7.15. The minimum absolute atomic E-state index is 0.415. The van der Waals surface area contributed by atoms with E-state index in [1.807, 2.05) is 25.1 Å². The van der Waals surface area contributed by atoms with Crippen molar-refractivity contribution >= 4 is 22.9 Å². The smallest absolute Gasteiger partial charge is 0.106 e. The molecule has 0 aromatic heterocycles. The Labute approximate surface area is 95.6 Å². The molecule has 0 saturated carbocycles. The Bertz CT molecular complexity index is 352. The Hall–Kier alpha value is -1.13. The van der Waals surface area contributed by atoms with E-state index in [1.165, 1.54) is 0 Å². The van der Waals surface area contributed by atoms with Gasteiger partial charge in [0.1, 0.15) is 4.99 Å². The molecule has 0 fully saturated rings. The van der Waals surface area contributed by atoms with Crippen LogP contribution >= 0.6 is 12.2 Å². The number of rotatable bonds is 5. The third kappa shape index (κ3) is 3.49. The van der Waals surface area contributed by atoms with E-state index in [0.29, 0.717) is 11.6 Å². The summed E-state index contributed by atoms with van der Waals surface area (Å²) in [4.78, 5) is 0.415. The molecule has 82 valence electrons. The molecule has 0 saturated heterocycles. The number of aryl methyl sites for hydroxylation is 1. The second kappa shape index (κ2) is 5.68. The second-order valence-corrected chi connectivity index (χ2v) is 3.77. The molecule has 0 heterocycles. The van der Waals surface area contributed by atoms with Crippen molar-refractivity contribution in [3.8, 4) is 0 Å². The molecular weight excluding hydrogens is 208 g/mol. The zero-order valence-corrected chi connectivity index (χ0v) is 9.86. The summed E-state index contributed by atoms with van der Waals surface area (Å²) in [7, 11) is 1.67. The van der Waals surface area contributed by atoms with Crippen LogP contribution < -0.4 is 11.1 Å². The first-order valence-electron chi connectivity index (χ1n) is 4.78. The van der Waals surface area contributed by atoms with E-state index in [0.717, 1.165) is 23.4 Å². The van der Waals surface area contributed by atoms with Crippen molar-refractivity contribution in [1.29, 1.82) is 0 Å². The molecule has 4 heteroatoms. The van der Waals surface area contributed by atoms with Gasteiger partial charge in [-0.1, -0.05) is 23.8 Å². The number of benzene rings is 1. The molecule has 0 atom stereocenters. The van der Waals surface area contributed by atoms with Crippen LogP contribution in [0.3, 0.4) is 0 Å². The zero-order chi connectivity index (χ0) is 11.3. The maximum absolute atomic E-state index is 5.65. The van der Waals surface area contributed by atoms with Crippen molar-refractivity contribution in [3.05, 3.63) is 29.3 Å². The van der Waals surface area contributed by atoms with E-state index in [2.05, 4.69) is 5.32 Å². The van der Waals surface area contributed by atoms with Crippen LogP contribution in [0.1, 0.15) is 11.1 Å². The summed E-state index contributed by atoms with van der Waals surface area (Å²) >= 11 is 4.99. The third-order valence-electron chi connectivity index (χ3n) is 2.06. The van der Waals surface area contributed by atoms with E-state index in [9.17, 15) is 0 Å². The SMILES string of the molecule is COCCNc1ccc(C)cc1C(N)=S. The highest BCUT2D eigenvalue weighted by Gasteiger charge is 2.04. The summed E-state index contributed by atoms with van der Waals surface area (Å²) < 4.78 is 4.96. The summed E-state index contributed by atoms with van der Waals surface area (Å²) in [5, 5.41) is 3.23. The van der Waals surface area contributed by atoms with Gasteiger partial charge in [0.25, 0.3) is 0 Å². The van der Waals surface area contributed by atoms with Gasteiger partial charge in [0, 0.05) is 24.9 Å². The van der Waals surface area contributed by atoms with Crippen LogP contribution in [0, 0.1) is 6.92 Å². The Morgan fingerprint density at radius 1 is 1.53 bits per heavy atom. The maximum Gasteiger partial charge on any atom is 0.106 e. The summed E-state index contributed by atoms with van der Waals surface area (Å²) in [5.74, 6) is 0. The van der Waals surface area contributed by atoms with Gasteiger partial charge in [-0.05, 0) is 19.1 Å². The Morgan fingerprint density at radius 2 is 2.27 bits per heavy atom. The average molecular weight is 224 g/mol. The van der Waals surface area contributed by atoms with Gasteiger partial charge >= 0.3 is 0 Å². The van der Waals surface area contributed by atoms with Crippen molar-refractivity contribution in [1.82, 2.24) is 0 Å². The van der Waals surface area contributed by atoms with Crippen LogP contribution in [-0.4, -0.2) is 25.2 Å². The number of hydrogen-bond donors (Lipinski definition) is 2. The van der Waals surface area contributed by atoms with Crippen LogP contribution in [0.25, 0.3) is 0 Å². The number of methoxy groups -OCH3 is 1. The number of hydrogen-bond acceptors (Lipinski definition) is 3. The van der Waals surface area contributed by atoms with E-state index < -0.39 is 0 Å². The zero-order valence-electron chi connectivity index (χ0n) is 9.04. The van der Waals surface area contributed by atoms with Gasteiger partial charge in [0.15, 0.2) is 0 Å². The second-order valence-electron chi connectivity index (χ2n) is 3.33. The highest BCUT2D eigenvalue weighted by molar-refractivity contribution is 7.80. The average Bonchev–Trinajstić information content (AvgIpc) is 2.20. The van der Waals surface area contributed by atoms with Crippen LogP contribution in [0.2, 0.25) is 0 Å². The molecule has 1 aromatic rings. The van der Waals surface area contributed by atoms with Gasteiger partial charge in [0.2, 0.25) is 0 Å². The lowest BCUT2D eigenvalue weighted by atomic mass is 10.1. The van der Waals surface area contributed by atoms with E-state index in [1.54, 1.807) is 7.11 Å². The number of nitrogens with one attached hydrogen (secondary N) is 1. The molecule has 0 unspecified atom stereocenters. The molecule has 0 aliphatic carbocycles. The Kier molecular flexibility index (Phi) is 4.52. The van der Waals surface area contributed by atoms with Gasteiger partial charge in [-0.25, -0.2) is 0 Å². The van der Waals surface area contributed by atoms with E-state index in [-0.39, 0.29) is 0 Å². The molecule has 0 radical (unpaired) electrons. The molecule has 0 spiro atoms. The highest BCUT2D eigenvalue weighted by Crippen LogP contribution is 2.16. The molecule has 1 rings (SSSR count). The third-order valence-corrected chi connectivity index (χ3v) is 2.28. The monoisotopic (exact) mass is 224 g/mol. The fourth-order valence-corrected chi connectivity index (χ4v) is 1.47. The predicted octanol–water partition coefficient (Wildman–Crippen LogP) is 1.69. The van der Waals surface area contributed by atoms with Crippen LogP contribution in [0.5, 0.6) is 0 Å². The summed E-state index contributed by atoms with van der Waals surface area (Å²) in [6.45, 7) is 3.42. The molecule has 0 amide bonds. The molecule has 0 aliphatic heterocycles. The van der Waals surface area contributed by atoms with Crippen LogP contribution in [0.4, 0.5) is 5.69 Å². The molecule has 3 N–H and O–H groups in total. The Balaban J connectivity index is 2.81. The van der Waals surface area contributed by atoms with Crippen molar-refractivity contribution in [3.63, 3.8) is 0 Å². The minimum Gasteiger partial charge on any atom is -0.389 e. The lowest BCUT2D eigenvalue weighted by molar-refractivity contribution is 0.211. The first-order valence-corrected chi connectivity index (χ1v) is 5.19. The fourth-order valence-electron chi connectivity index (χ4n) is 1.30. The summed E-state index contributed by atoms with van der Waals surface area (Å²) in [6.07, 6.45) is 0. The standard InChI is InChI=1S/C11H16N2OS/c1-8-3-4-10(13-5-6-14-2)9(7-8)11(12)15/h3-4,7,13H,5-6H2,1-2H3,(H2,12,15). The normalized spacial score (nSPS) is 10.0. The number of anilines is 1. The minimum atomic E-state index is 0.415. The van der Waals surface area contributed by atoms with Gasteiger partial charge in [0.05, 0.1) is 6.61 Å². The van der Waals surface area contributed by atoms with Gasteiger partial charge < -0.3 is 15.8 Å². The highest BCUT2D eigenvalue weighted by atomic mass is 32.1. The maximum atomic E-state index is 5.65. The van der Waals surface area contributed by atoms with Gasteiger partial charge in [-0.2, -0.15) is 0 Å². The van der Waals surface area contributed by atoms with E-state index in [4.69, 9.17) is 22.7 Å². The predicted molar refractivity (Wildman–Crippen MR) is 67.4 cm³/mol. The largest absolute Gasteiger partial charge is 0.389 e. The molecule has 15 heavy (non-hydrogen) atoms. The first kappa shape index (κ1) is 11.9.